The highest BCUT2D eigenvalue weighted by molar-refractivity contribution is 6.09. The van der Waals surface area contributed by atoms with Crippen LogP contribution in [0.25, 0.3) is 10.9 Å². The molecule has 1 N–H and O–H groups in total. The van der Waals surface area contributed by atoms with Crippen molar-refractivity contribution in [2.75, 3.05) is 11.9 Å². The Bertz CT molecular complexity index is 874. The molecule has 122 valence electrons. The van der Waals surface area contributed by atoms with E-state index in [-0.39, 0.29) is 5.91 Å². The fourth-order valence-corrected chi connectivity index (χ4v) is 2.53. The van der Waals surface area contributed by atoms with Gasteiger partial charge in [0.05, 0.1) is 23.4 Å². The van der Waals surface area contributed by atoms with Crippen LogP contribution in [0.3, 0.4) is 0 Å². The van der Waals surface area contributed by atoms with Crippen LogP contribution in [0.15, 0.2) is 54.6 Å². The van der Waals surface area contributed by atoms with Crippen molar-refractivity contribution in [2.24, 2.45) is 0 Å². The number of fused-ring (bicyclic) bond motifs is 1. The van der Waals surface area contributed by atoms with E-state index < -0.39 is 0 Å². The van der Waals surface area contributed by atoms with Gasteiger partial charge in [0.1, 0.15) is 5.75 Å². The lowest BCUT2D eigenvalue weighted by Crippen LogP contribution is -2.14. The van der Waals surface area contributed by atoms with E-state index in [0.717, 1.165) is 23.0 Å². The molecular formula is C20H20N2O2. The molecule has 0 aliphatic rings. The Hall–Kier alpha value is -2.88. The first kappa shape index (κ1) is 16.0. The minimum atomic E-state index is -0.197. The van der Waals surface area contributed by atoms with Gasteiger partial charge in [-0.05, 0) is 37.6 Å². The number of aromatic nitrogens is 1. The van der Waals surface area contributed by atoms with Crippen molar-refractivity contribution in [3.63, 3.8) is 0 Å². The quantitative estimate of drug-likeness (QED) is 0.748. The second-order valence-corrected chi connectivity index (χ2v) is 5.63. The summed E-state index contributed by atoms with van der Waals surface area (Å²) in [6, 6.07) is 17.0. The van der Waals surface area contributed by atoms with E-state index in [2.05, 4.69) is 10.3 Å². The molecule has 3 rings (SSSR count). The fourth-order valence-electron chi connectivity index (χ4n) is 2.53. The molecule has 0 fully saturated rings. The average Bonchev–Trinajstić information content (AvgIpc) is 2.60. The molecule has 0 bridgehead atoms. The second kappa shape index (κ2) is 7.13. The standard InChI is InChI=1S/C20H20N2O2/c1-3-13-24-18-10-5-4-8-16(18)20(23)22-17-9-6-7-15-12-11-14(2)21-19(15)17/h4-12H,3,13H2,1-2H3,(H,22,23). The van der Waals surface area contributed by atoms with Crippen molar-refractivity contribution in [2.45, 2.75) is 20.3 Å². The number of amides is 1. The Morgan fingerprint density at radius 3 is 2.75 bits per heavy atom. The summed E-state index contributed by atoms with van der Waals surface area (Å²) in [6.07, 6.45) is 0.891. The van der Waals surface area contributed by atoms with Gasteiger partial charge in [-0.15, -0.1) is 0 Å². The van der Waals surface area contributed by atoms with Crippen LogP contribution in [-0.4, -0.2) is 17.5 Å². The Balaban J connectivity index is 1.92. The number of anilines is 1. The number of ether oxygens (including phenoxy) is 1. The van der Waals surface area contributed by atoms with E-state index in [0.29, 0.717) is 23.6 Å². The summed E-state index contributed by atoms with van der Waals surface area (Å²) in [5.41, 5.74) is 2.93. The van der Waals surface area contributed by atoms with E-state index in [1.165, 1.54) is 0 Å². The number of carbonyl (C=O) groups excluding carboxylic acids is 1. The third-order valence-electron chi connectivity index (χ3n) is 3.70. The Kier molecular flexibility index (Phi) is 4.75. The van der Waals surface area contributed by atoms with Crippen molar-refractivity contribution in [3.8, 4) is 5.75 Å². The number of pyridine rings is 1. The molecule has 2 aromatic carbocycles. The van der Waals surface area contributed by atoms with Gasteiger partial charge in [0.15, 0.2) is 0 Å². The molecule has 1 heterocycles. The van der Waals surface area contributed by atoms with Crippen molar-refractivity contribution >= 4 is 22.5 Å². The summed E-state index contributed by atoms with van der Waals surface area (Å²) < 4.78 is 5.68. The molecule has 0 aliphatic heterocycles. The molecule has 0 aliphatic carbocycles. The first-order valence-electron chi connectivity index (χ1n) is 8.08. The van der Waals surface area contributed by atoms with Crippen LogP contribution in [0.4, 0.5) is 5.69 Å². The first-order valence-corrected chi connectivity index (χ1v) is 8.08. The fraction of sp³-hybridized carbons (Fsp3) is 0.200. The number of rotatable bonds is 5. The smallest absolute Gasteiger partial charge is 0.259 e. The molecule has 0 atom stereocenters. The van der Waals surface area contributed by atoms with Gasteiger partial charge in [-0.25, -0.2) is 0 Å². The van der Waals surface area contributed by atoms with Crippen LogP contribution in [-0.2, 0) is 0 Å². The van der Waals surface area contributed by atoms with E-state index in [1.54, 1.807) is 6.07 Å². The summed E-state index contributed by atoms with van der Waals surface area (Å²) in [5.74, 6) is 0.402. The van der Waals surface area contributed by atoms with Gasteiger partial charge in [0.2, 0.25) is 0 Å². The van der Waals surface area contributed by atoms with Crippen LogP contribution < -0.4 is 10.1 Å². The predicted octanol–water partition coefficient (Wildman–Crippen LogP) is 4.58. The lowest BCUT2D eigenvalue weighted by atomic mass is 10.1. The van der Waals surface area contributed by atoms with Crippen molar-refractivity contribution in [3.05, 3.63) is 65.9 Å². The monoisotopic (exact) mass is 320 g/mol. The van der Waals surface area contributed by atoms with Crippen LogP contribution in [0.2, 0.25) is 0 Å². The molecule has 0 radical (unpaired) electrons. The number of para-hydroxylation sites is 2. The average molecular weight is 320 g/mol. The zero-order chi connectivity index (χ0) is 16.9. The highest BCUT2D eigenvalue weighted by Crippen LogP contribution is 2.24. The van der Waals surface area contributed by atoms with Gasteiger partial charge in [-0.2, -0.15) is 0 Å². The highest BCUT2D eigenvalue weighted by Gasteiger charge is 2.14. The van der Waals surface area contributed by atoms with Crippen LogP contribution in [0, 0.1) is 6.92 Å². The van der Waals surface area contributed by atoms with E-state index >= 15 is 0 Å². The summed E-state index contributed by atoms with van der Waals surface area (Å²) in [5, 5.41) is 3.96. The van der Waals surface area contributed by atoms with E-state index in [1.807, 2.05) is 62.4 Å². The maximum Gasteiger partial charge on any atom is 0.259 e. The van der Waals surface area contributed by atoms with Gasteiger partial charge in [0, 0.05) is 11.1 Å². The number of aryl methyl sites for hydroxylation is 1. The molecule has 0 saturated heterocycles. The molecule has 0 spiro atoms. The molecule has 1 aromatic heterocycles. The van der Waals surface area contributed by atoms with Gasteiger partial charge in [0.25, 0.3) is 5.91 Å². The zero-order valence-corrected chi connectivity index (χ0v) is 13.9. The highest BCUT2D eigenvalue weighted by atomic mass is 16.5. The number of carbonyl (C=O) groups is 1. The normalized spacial score (nSPS) is 10.6. The number of hydrogen-bond acceptors (Lipinski definition) is 3. The third-order valence-corrected chi connectivity index (χ3v) is 3.70. The van der Waals surface area contributed by atoms with Gasteiger partial charge in [-0.1, -0.05) is 37.3 Å². The lowest BCUT2D eigenvalue weighted by molar-refractivity contribution is 0.102. The predicted molar refractivity (Wildman–Crippen MR) is 96.7 cm³/mol. The van der Waals surface area contributed by atoms with Crippen LogP contribution in [0.1, 0.15) is 29.4 Å². The Labute approximate surface area is 141 Å². The van der Waals surface area contributed by atoms with E-state index in [4.69, 9.17) is 4.74 Å². The summed E-state index contributed by atoms with van der Waals surface area (Å²) in [6.45, 7) is 4.55. The minimum absolute atomic E-state index is 0.197. The molecule has 4 heteroatoms. The maximum atomic E-state index is 12.7. The number of nitrogens with zero attached hydrogens (tertiary/aromatic N) is 1. The van der Waals surface area contributed by atoms with Crippen molar-refractivity contribution in [1.82, 2.24) is 4.98 Å². The lowest BCUT2D eigenvalue weighted by Gasteiger charge is -2.12. The summed E-state index contributed by atoms with van der Waals surface area (Å²) >= 11 is 0. The second-order valence-electron chi connectivity index (χ2n) is 5.63. The SMILES string of the molecule is CCCOc1ccccc1C(=O)Nc1cccc2ccc(C)nc12. The van der Waals surface area contributed by atoms with Crippen LogP contribution in [0.5, 0.6) is 5.75 Å². The number of hydrogen-bond donors (Lipinski definition) is 1. The molecule has 24 heavy (non-hydrogen) atoms. The number of benzene rings is 2. The molecule has 1 amide bonds. The molecule has 3 aromatic rings. The van der Waals surface area contributed by atoms with Crippen LogP contribution >= 0.6 is 0 Å². The third kappa shape index (κ3) is 3.38. The first-order chi connectivity index (χ1) is 11.7. The van der Waals surface area contributed by atoms with Gasteiger partial charge >= 0.3 is 0 Å². The number of nitrogens with one attached hydrogen (secondary N) is 1. The van der Waals surface area contributed by atoms with Gasteiger partial charge < -0.3 is 10.1 Å². The van der Waals surface area contributed by atoms with Crippen molar-refractivity contribution in [1.29, 1.82) is 0 Å². The van der Waals surface area contributed by atoms with Gasteiger partial charge in [-0.3, -0.25) is 9.78 Å². The van der Waals surface area contributed by atoms with E-state index in [9.17, 15) is 4.79 Å². The minimum Gasteiger partial charge on any atom is -0.493 e. The summed E-state index contributed by atoms with van der Waals surface area (Å²) in [4.78, 5) is 17.3. The molecule has 0 unspecified atom stereocenters. The topological polar surface area (TPSA) is 51.2 Å². The largest absolute Gasteiger partial charge is 0.493 e. The van der Waals surface area contributed by atoms with Crippen molar-refractivity contribution < 1.29 is 9.53 Å². The Morgan fingerprint density at radius 2 is 1.92 bits per heavy atom. The molecule has 0 saturated carbocycles. The maximum absolute atomic E-state index is 12.7. The Morgan fingerprint density at radius 1 is 1.08 bits per heavy atom. The summed E-state index contributed by atoms with van der Waals surface area (Å²) in [7, 11) is 0. The molecule has 4 nitrogen and oxygen atoms in total. The zero-order valence-electron chi connectivity index (χ0n) is 13.9. The molecular weight excluding hydrogens is 300 g/mol.